The number of halogens is 1. The van der Waals surface area contributed by atoms with E-state index in [-0.39, 0.29) is 4.90 Å². The van der Waals surface area contributed by atoms with Crippen LogP contribution in [0, 0.1) is 6.92 Å². The molecule has 0 aliphatic rings. The van der Waals surface area contributed by atoms with Gasteiger partial charge in [-0.15, -0.1) is 0 Å². The number of aliphatic carboxylic acids is 1. The Kier molecular flexibility index (Phi) is 5.23. The van der Waals surface area contributed by atoms with E-state index in [0.29, 0.717) is 11.3 Å². The summed E-state index contributed by atoms with van der Waals surface area (Å²) >= 11 is 3.36. The molecule has 0 radical (unpaired) electrons. The van der Waals surface area contributed by atoms with E-state index in [1.807, 2.05) is 6.92 Å². The molecule has 0 aromatic heterocycles. The van der Waals surface area contributed by atoms with Crippen LogP contribution in [0.15, 0.2) is 57.9 Å². The van der Waals surface area contributed by atoms with E-state index in [2.05, 4.69) is 20.7 Å². The highest BCUT2D eigenvalue weighted by atomic mass is 79.9. The lowest BCUT2D eigenvalue weighted by molar-refractivity contribution is -0.131. The van der Waals surface area contributed by atoms with E-state index >= 15 is 0 Å². The third kappa shape index (κ3) is 4.67. The Labute approximate surface area is 142 Å². The topological polar surface area (TPSA) is 83.5 Å². The third-order valence-corrected chi connectivity index (χ3v) is 5.31. The van der Waals surface area contributed by atoms with E-state index in [0.717, 1.165) is 16.1 Å². The summed E-state index contributed by atoms with van der Waals surface area (Å²) in [5.41, 5.74) is 1.99. The minimum atomic E-state index is -3.70. The first-order valence-corrected chi connectivity index (χ1v) is 8.85. The van der Waals surface area contributed by atoms with Gasteiger partial charge in [0.2, 0.25) is 0 Å². The quantitative estimate of drug-likeness (QED) is 0.756. The molecule has 0 aliphatic heterocycles. The molecule has 0 aliphatic carbocycles. The zero-order chi connectivity index (χ0) is 17.0. The van der Waals surface area contributed by atoms with Gasteiger partial charge >= 0.3 is 5.97 Å². The summed E-state index contributed by atoms with van der Waals surface area (Å²) in [6.45, 7) is 1.87. The Morgan fingerprint density at radius 1 is 1.17 bits per heavy atom. The average Bonchev–Trinajstić information content (AvgIpc) is 2.49. The summed E-state index contributed by atoms with van der Waals surface area (Å²) in [6.07, 6.45) is 2.39. The number of anilines is 1. The average molecular weight is 396 g/mol. The summed E-state index contributed by atoms with van der Waals surface area (Å²) in [4.78, 5) is 10.6. The lowest BCUT2D eigenvalue weighted by atomic mass is 10.2. The summed E-state index contributed by atoms with van der Waals surface area (Å²) in [5.74, 6) is -1.06. The number of benzene rings is 2. The van der Waals surface area contributed by atoms with Crippen molar-refractivity contribution in [1.29, 1.82) is 0 Å². The number of rotatable bonds is 5. The van der Waals surface area contributed by atoms with Gasteiger partial charge < -0.3 is 5.11 Å². The first kappa shape index (κ1) is 17.2. The van der Waals surface area contributed by atoms with Crippen LogP contribution in [0.3, 0.4) is 0 Å². The smallest absolute Gasteiger partial charge is 0.328 e. The monoisotopic (exact) mass is 395 g/mol. The van der Waals surface area contributed by atoms with Crippen LogP contribution in [-0.4, -0.2) is 19.5 Å². The molecule has 0 heterocycles. The van der Waals surface area contributed by atoms with Gasteiger partial charge in [0.25, 0.3) is 10.0 Å². The Balaban J connectivity index is 2.22. The summed E-state index contributed by atoms with van der Waals surface area (Å²) < 4.78 is 28.1. The zero-order valence-electron chi connectivity index (χ0n) is 12.2. The van der Waals surface area contributed by atoms with Crippen LogP contribution in [0.2, 0.25) is 0 Å². The molecule has 2 aromatic carbocycles. The van der Waals surface area contributed by atoms with E-state index in [9.17, 15) is 13.2 Å². The molecule has 2 rings (SSSR count). The van der Waals surface area contributed by atoms with E-state index < -0.39 is 16.0 Å². The molecule has 2 N–H and O–H groups in total. The van der Waals surface area contributed by atoms with Crippen molar-refractivity contribution in [2.75, 3.05) is 4.72 Å². The van der Waals surface area contributed by atoms with E-state index in [4.69, 9.17) is 5.11 Å². The number of hydrogen-bond donors (Lipinski definition) is 2. The minimum Gasteiger partial charge on any atom is -0.478 e. The first-order chi connectivity index (χ1) is 10.8. The minimum absolute atomic E-state index is 0.102. The normalized spacial score (nSPS) is 11.6. The van der Waals surface area contributed by atoms with Crippen LogP contribution >= 0.6 is 15.9 Å². The van der Waals surface area contributed by atoms with Gasteiger partial charge in [-0.2, -0.15) is 0 Å². The maximum Gasteiger partial charge on any atom is 0.328 e. The SMILES string of the molecule is Cc1cc(NS(=O)(=O)c2ccc(/C=C/C(=O)O)cc2)ccc1Br. The molecular weight excluding hydrogens is 382 g/mol. The predicted molar refractivity (Wildman–Crippen MR) is 92.8 cm³/mol. The van der Waals surface area contributed by atoms with E-state index in [1.54, 1.807) is 30.3 Å². The van der Waals surface area contributed by atoms with Crippen LogP contribution in [0.25, 0.3) is 6.08 Å². The van der Waals surface area contributed by atoms with Crippen molar-refractivity contribution in [2.45, 2.75) is 11.8 Å². The second-order valence-electron chi connectivity index (χ2n) is 4.81. The molecule has 120 valence electrons. The number of carboxylic acids is 1. The molecular formula is C16H14BrNO4S. The van der Waals surface area contributed by atoms with E-state index in [1.165, 1.54) is 18.2 Å². The fraction of sp³-hybridized carbons (Fsp3) is 0.0625. The molecule has 0 fully saturated rings. The highest BCUT2D eigenvalue weighted by Gasteiger charge is 2.14. The standard InChI is InChI=1S/C16H14BrNO4S/c1-11-10-13(5-8-15(11)17)18-23(21,22)14-6-2-12(3-7-14)4-9-16(19)20/h2-10,18H,1H3,(H,19,20)/b9-4+. The van der Waals surface area contributed by atoms with Crippen molar-refractivity contribution in [1.82, 2.24) is 0 Å². The second kappa shape index (κ2) is 6.97. The second-order valence-corrected chi connectivity index (χ2v) is 7.35. The van der Waals surface area contributed by atoms with Crippen LogP contribution in [0.5, 0.6) is 0 Å². The lowest BCUT2D eigenvalue weighted by Gasteiger charge is -2.09. The van der Waals surface area contributed by atoms with Crippen molar-refractivity contribution in [3.63, 3.8) is 0 Å². The molecule has 2 aromatic rings. The van der Waals surface area contributed by atoms with Crippen LogP contribution in [0.1, 0.15) is 11.1 Å². The van der Waals surface area contributed by atoms with Crippen LogP contribution < -0.4 is 4.72 Å². The van der Waals surface area contributed by atoms with Crippen LogP contribution in [0.4, 0.5) is 5.69 Å². The predicted octanol–water partition coefficient (Wildman–Crippen LogP) is 3.66. The van der Waals surface area contributed by atoms with Crippen molar-refractivity contribution >= 4 is 43.7 Å². The summed E-state index contributed by atoms with van der Waals surface area (Å²) in [5, 5.41) is 8.57. The van der Waals surface area contributed by atoms with Gasteiger partial charge in [0.15, 0.2) is 0 Å². The van der Waals surface area contributed by atoms with Gasteiger partial charge in [-0.3, -0.25) is 4.72 Å². The van der Waals surface area contributed by atoms with Gasteiger partial charge in [-0.05, 0) is 54.5 Å². The van der Waals surface area contributed by atoms with Crippen molar-refractivity contribution in [3.05, 3.63) is 64.1 Å². The molecule has 0 bridgehead atoms. The molecule has 7 heteroatoms. The lowest BCUT2D eigenvalue weighted by Crippen LogP contribution is -2.12. The molecule has 0 unspecified atom stereocenters. The molecule has 0 saturated carbocycles. The molecule has 0 spiro atoms. The Morgan fingerprint density at radius 2 is 1.83 bits per heavy atom. The molecule has 23 heavy (non-hydrogen) atoms. The van der Waals surface area contributed by atoms with Crippen molar-refractivity contribution in [2.24, 2.45) is 0 Å². The van der Waals surface area contributed by atoms with Crippen molar-refractivity contribution in [3.8, 4) is 0 Å². The van der Waals surface area contributed by atoms with Gasteiger partial charge in [-0.25, -0.2) is 13.2 Å². The molecule has 5 nitrogen and oxygen atoms in total. The number of aryl methyl sites for hydroxylation is 1. The zero-order valence-corrected chi connectivity index (χ0v) is 14.6. The summed E-state index contributed by atoms with van der Waals surface area (Å²) in [7, 11) is -3.70. The third-order valence-electron chi connectivity index (χ3n) is 3.02. The Morgan fingerprint density at radius 3 is 2.39 bits per heavy atom. The van der Waals surface area contributed by atoms with Gasteiger partial charge in [0, 0.05) is 16.2 Å². The first-order valence-electron chi connectivity index (χ1n) is 6.58. The van der Waals surface area contributed by atoms with Gasteiger partial charge in [0.1, 0.15) is 0 Å². The highest BCUT2D eigenvalue weighted by molar-refractivity contribution is 9.10. The Hall–Kier alpha value is -2.12. The largest absolute Gasteiger partial charge is 0.478 e. The molecule has 0 amide bonds. The number of carbonyl (C=O) groups is 1. The summed E-state index contributed by atoms with van der Waals surface area (Å²) in [6, 6.07) is 11.1. The van der Waals surface area contributed by atoms with Crippen LogP contribution in [-0.2, 0) is 14.8 Å². The number of nitrogens with one attached hydrogen (secondary N) is 1. The fourth-order valence-corrected chi connectivity index (χ4v) is 3.14. The van der Waals surface area contributed by atoms with Gasteiger partial charge in [-0.1, -0.05) is 28.1 Å². The number of carboxylic acid groups (broad SMARTS) is 1. The van der Waals surface area contributed by atoms with Gasteiger partial charge in [0.05, 0.1) is 4.90 Å². The highest BCUT2D eigenvalue weighted by Crippen LogP contribution is 2.22. The fourth-order valence-electron chi connectivity index (χ4n) is 1.85. The number of hydrogen-bond acceptors (Lipinski definition) is 3. The molecule has 0 atom stereocenters. The Bertz CT molecular complexity index is 858. The molecule has 0 saturated heterocycles. The maximum atomic E-state index is 12.3. The van der Waals surface area contributed by atoms with Crippen molar-refractivity contribution < 1.29 is 18.3 Å². The number of sulfonamides is 1. The maximum absolute atomic E-state index is 12.3.